The first-order chi connectivity index (χ1) is 9.22. The highest BCUT2D eigenvalue weighted by Gasteiger charge is 2.34. The van der Waals surface area contributed by atoms with Crippen molar-refractivity contribution in [3.63, 3.8) is 0 Å². The Morgan fingerprint density at radius 2 is 1.85 bits per heavy atom. The standard InChI is InChI=1S/C14H20F3N3/c1-4-9(5-2)20(3)10-6-7-12(14(15,16)17)11(8-10)13(18)19/h6-9H,4-5H2,1-3H3,(H3,18,19). The maximum atomic E-state index is 12.9. The molecule has 1 aromatic rings. The van der Waals surface area contributed by atoms with Crippen LogP contribution in [0, 0.1) is 5.41 Å². The number of benzene rings is 1. The Balaban J connectivity index is 3.27. The van der Waals surface area contributed by atoms with Crippen LogP contribution in [0.5, 0.6) is 0 Å². The van der Waals surface area contributed by atoms with Gasteiger partial charge in [0.2, 0.25) is 0 Å². The van der Waals surface area contributed by atoms with Crippen LogP contribution in [-0.2, 0) is 6.18 Å². The van der Waals surface area contributed by atoms with Crippen LogP contribution < -0.4 is 10.6 Å². The number of nitrogen functional groups attached to an aromatic ring is 1. The minimum absolute atomic E-state index is 0.242. The van der Waals surface area contributed by atoms with Crippen LogP contribution in [0.1, 0.15) is 37.8 Å². The lowest BCUT2D eigenvalue weighted by Gasteiger charge is -2.29. The number of anilines is 1. The molecule has 0 aliphatic carbocycles. The van der Waals surface area contributed by atoms with E-state index in [0.29, 0.717) is 5.69 Å². The van der Waals surface area contributed by atoms with Crippen molar-refractivity contribution in [2.45, 2.75) is 38.9 Å². The van der Waals surface area contributed by atoms with E-state index < -0.39 is 17.6 Å². The molecule has 0 radical (unpaired) electrons. The fourth-order valence-electron chi connectivity index (χ4n) is 2.27. The molecule has 1 aromatic carbocycles. The van der Waals surface area contributed by atoms with Crippen LogP contribution >= 0.6 is 0 Å². The molecular formula is C14H20F3N3. The van der Waals surface area contributed by atoms with Crippen LogP contribution in [0.2, 0.25) is 0 Å². The zero-order valence-electron chi connectivity index (χ0n) is 11.9. The molecule has 0 saturated heterocycles. The van der Waals surface area contributed by atoms with Crippen molar-refractivity contribution in [2.24, 2.45) is 5.73 Å². The highest BCUT2D eigenvalue weighted by Crippen LogP contribution is 2.34. The molecule has 1 rings (SSSR count). The molecule has 3 N–H and O–H groups in total. The van der Waals surface area contributed by atoms with Gasteiger partial charge < -0.3 is 10.6 Å². The summed E-state index contributed by atoms with van der Waals surface area (Å²) in [7, 11) is 1.84. The molecule has 0 bridgehead atoms. The van der Waals surface area contributed by atoms with Crippen molar-refractivity contribution in [1.29, 1.82) is 5.41 Å². The van der Waals surface area contributed by atoms with E-state index >= 15 is 0 Å². The van der Waals surface area contributed by atoms with Crippen molar-refractivity contribution in [3.05, 3.63) is 29.3 Å². The molecule has 6 heteroatoms. The maximum absolute atomic E-state index is 12.9. The predicted octanol–water partition coefficient (Wildman–Crippen LogP) is 3.61. The van der Waals surface area contributed by atoms with Crippen LogP contribution in [0.4, 0.5) is 18.9 Å². The number of hydrogen-bond donors (Lipinski definition) is 2. The fourth-order valence-corrected chi connectivity index (χ4v) is 2.27. The van der Waals surface area contributed by atoms with Crippen molar-refractivity contribution >= 4 is 11.5 Å². The zero-order chi connectivity index (χ0) is 15.5. The number of nitrogens with two attached hydrogens (primary N) is 1. The third-order valence-corrected chi connectivity index (χ3v) is 3.50. The van der Waals surface area contributed by atoms with E-state index in [1.165, 1.54) is 12.1 Å². The highest BCUT2D eigenvalue weighted by molar-refractivity contribution is 5.97. The van der Waals surface area contributed by atoms with Crippen molar-refractivity contribution < 1.29 is 13.2 Å². The summed E-state index contributed by atoms with van der Waals surface area (Å²) in [5, 5.41) is 7.35. The van der Waals surface area contributed by atoms with E-state index in [1.54, 1.807) is 0 Å². The topological polar surface area (TPSA) is 53.1 Å². The summed E-state index contributed by atoms with van der Waals surface area (Å²) in [5.41, 5.74) is 4.78. The maximum Gasteiger partial charge on any atom is 0.417 e. The summed E-state index contributed by atoms with van der Waals surface area (Å²) in [6.45, 7) is 4.06. The largest absolute Gasteiger partial charge is 0.417 e. The summed E-state index contributed by atoms with van der Waals surface area (Å²) in [6, 6.07) is 3.99. The summed E-state index contributed by atoms with van der Waals surface area (Å²) >= 11 is 0. The quantitative estimate of drug-likeness (QED) is 0.642. The summed E-state index contributed by atoms with van der Waals surface area (Å²) in [4.78, 5) is 1.92. The van der Waals surface area contributed by atoms with Crippen LogP contribution in [0.3, 0.4) is 0 Å². The van der Waals surface area contributed by atoms with Crippen molar-refractivity contribution in [2.75, 3.05) is 11.9 Å². The van der Waals surface area contributed by atoms with Gasteiger partial charge >= 0.3 is 6.18 Å². The van der Waals surface area contributed by atoms with Crippen molar-refractivity contribution in [3.8, 4) is 0 Å². The third kappa shape index (κ3) is 3.43. The molecule has 3 nitrogen and oxygen atoms in total. The summed E-state index contributed by atoms with van der Waals surface area (Å²) in [6.07, 6.45) is -2.72. The third-order valence-electron chi connectivity index (χ3n) is 3.50. The van der Waals surface area contributed by atoms with Crippen molar-refractivity contribution in [1.82, 2.24) is 0 Å². The first-order valence-electron chi connectivity index (χ1n) is 6.50. The molecule has 0 atom stereocenters. The highest BCUT2D eigenvalue weighted by atomic mass is 19.4. The second kappa shape index (κ2) is 6.15. The van der Waals surface area contributed by atoms with Gasteiger partial charge in [-0.25, -0.2) is 0 Å². The number of amidine groups is 1. The number of nitrogens with zero attached hydrogens (tertiary/aromatic N) is 1. The van der Waals surface area contributed by atoms with Crippen LogP contribution in [0.15, 0.2) is 18.2 Å². The van der Waals surface area contributed by atoms with Gasteiger partial charge in [0, 0.05) is 24.3 Å². The Bertz CT molecular complexity index is 479. The van der Waals surface area contributed by atoms with Gasteiger partial charge in [-0.3, -0.25) is 5.41 Å². The van der Waals surface area contributed by atoms with Crippen LogP contribution in [0.25, 0.3) is 0 Å². The first kappa shape index (κ1) is 16.3. The van der Waals surface area contributed by atoms with E-state index in [9.17, 15) is 13.2 Å². The van der Waals surface area contributed by atoms with Gasteiger partial charge in [0.05, 0.1) is 5.56 Å². The van der Waals surface area contributed by atoms with Gasteiger partial charge in [0.1, 0.15) is 5.84 Å². The number of rotatable bonds is 5. The van der Waals surface area contributed by atoms with Gasteiger partial charge in [0.25, 0.3) is 0 Å². The molecule has 0 fully saturated rings. The fraction of sp³-hybridized carbons (Fsp3) is 0.500. The second-order valence-electron chi connectivity index (χ2n) is 4.72. The smallest absolute Gasteiger partial charge is 0.384 e. The minimum Gasteiger partial charge on any atom is -0.384 e. The molecule has 0 aliphatic heterocycles. The Labute approximate surface area is 117 Å². The Morgan fingerprint density at radius 1 is 1.30 bits per heavy atom. The SMILES string of the molecule is CCC(CC)N(C)c1ccc(C(F)(F)F)c(C(=N)N)c1. The monoisotopic (exact) mass is 287 g/mol. The van der Waals surface area contributed by atoms with Crippen LogP contribution in [-0.4, -0.2) is 18.9 Å². The number of nitrogens with one attached hydrogen (secondary N) is 1. The molecule has 0 heterocycles. The zero-order valence-corrected chi connectivity index (χ0v) is 11.9. The Morgan fingerprint density at radius 3 is 2.25 bits per heavy atom. The van der Waals surface area contributed by atoms with Gasteiger partial charge in [-0.1, -0.05) is 13.8 Å². The second-order valence-corrected chi connectivity index (χ2v) is 4.72. The minimum atomic E-state index is -4.51. The average Bonchev–Trinajstić information content (AvgIpc) is 2.38. The average molecular weight is 287 g/mol. The molecule has 20 heavy (non-hydrogen) atoms. The summed E-state index contributed by atoms with van der Waals surface area (Å²) in [5.74, 6) is -0.572. The summed E-state index contributed by atoms with van der Waals surface area (Å²) < 4.78 is 38.6. The number of alkyl halides is 3. The van der Waals surface area contributed by atoms with E-state index in [-0.39, 0.29) is 11.6 Å². The molecule has 0 aromatic heterocycles. The van der Waals surface area contributed by atoms with E-state index in [0.717, 1.165) is 18.9 Å². The molecule has 0 amide bonds. The molecule has 0 unspecified atom stereocenters. The lowest BCUT2D eigenvalue weighted by atomic mass is 10.0. The van der Waals surface area contributed by atoms with E-state index in [2.05, 4.69) is 0 Å². The van der Waals surface area contributed by atoms with Gasteiger partial charge in [-0.15, -0.1) is 0 Å². The molecule has 0 spiro atoms. The predicted molar refractivity (Wildman–Crippen MR) is 75.2 cm³/mol. The van der Waals surface area contributed by atoms with E-state index in [1.807, 2.05) is 25.8 Å². The Hall–Kier alpha value is -1.72. The van der Waals surface area contributed by atoms with E-state index in [4.69, 9.17) is 11.1 Å². The lowest BCUT2D eigenvalue weighted by Crippen LogP contribution is -2.31. The first-order valence-corrected chi connectivity index (χ1v) is 6.50. The number of hydrogen-bond acceptors (Lipinski definition) is 2. The lowest BCUT2D eigenvalue weighted by molar-refractivity contribution is -0.137. The molecular weight excluding hydrogens is 267 g/mol. The Kier molecular flexibility index (Phi) is 5.03. The molecule has 0 saturated carbocycles. The number of halogens is 3. The molecule has 112 valence electrons. The molecule has 0 aliphatic rings. The van der Waals surface area contributed by atoms with Gasteiger partial charge in [-0.2, -0.15) is 13.2 Å². The van der Waals surface area contributed by atoms with Gasteiger partial charge in [0.15, 0.2) is 0 Å². The van der Waals surface area contributed by atoms with Gasteiger partial charge in [-0.05, 0) is 31.0 Å². The normalized spacial score (nSPS) is 11.8.